The molecule has 2 N–H and O–H groups in total. The average molecular weight is 205 g/mol. The second kappa shape index (κ2) is 3.69. The first-order chi connectivity index (χ1) is 7.18. The van der Waals surface area contributed by atoms with Crippen molar-refractivity contribution in [1.82, 2.24) is 0 Å². The molecule has 0 aliphatic carbocycles. The third kappa shape index (κ3) is 1.81. The van der Waals surface area contributed by atoms with Crippen molar-refractivity contribution in [1.29, 1.82) is 0 Å². The van der Waals surface area contributed by atoms with Crippen molar-refractivity contribution in [3.8, 4) is 11.1 Å². The molecule has 3 heteroatoms. The Morgan fingerprint density at radius 2 is 1.47 bits per heavy atom. The first-order valence-electron chi connectivity index (χ1n) is 4.48. The maximum Gasteiger partial charge on any atom is 0.160 e. The highest BCUT2D eigenvalue weighted by atomic mass is 19.2. The summed E-state index contributed by atoms with van der Waals surface area (Å²) in [5.74, 6) is -1.81. The topological polar surface area (TPSA) is 26.0 Å². The van der Waals surface area contributed by atoms with Gasteiger partial charge in [-0.25, -0.2) is 8.78 Å². The lowest BCUT2D eigenvalue weighted by atomic mass is 10.0. The summed E-state index contributed by atoms with van der Waals surface area (Å²) in [5, 5.41) is 0. The number of rotatable bonds is 1. The molecule has 0 amide bonds. The standard InChI is InChI=1S/C12H9F2N/c13-10-6-9(12(15)7-11(10)14)8-4-2-1-3-5-8/h1-7H,15H2. The van der Waals surface area contributed by atoms with E-state index in [0.29, 0.717) is 5.56 Å². The van der Waals surface area contributed by atoms with Gasteiger partial charge in [0, 0.05) is 17.3 Å². The molecule has 0 saturated heterocycles. The highest BCUT2D eigenvalue weighted by Gasteiger charge is 2.08. The summed E-state index contributed by atoms with van der Waals surface area (Å²) in [6, 6.07) is 11.2. The molecule has 0 aromatic heterocycles. The highest BCUT2D eigenvalue weighted by Crippen LogP contribution is 2.27. The zero-order chi connectivity index (χ0) is 10.8. The number of nitrogen functional groups attached to an aromatic ring is 1. The van der Waals surface area contributed by atoms with Crippen LogP contribution in [0.15, 0.2) is 42.5 Å². The van der Waals surface area contributed by atoms with Crippen LogP contribution in [-0.2, 0) is 0 Å². The van der Waals surface area contributed by atoms with Gasteiger partial charge >= 0.3 is 0 Å². The van der Waals surface area contributed by atoms with Crippen LogP contribution in [0, 0.1) is 11.6 Å². The zero-order valence-corrected chi connectivity index (χ0v) is 7.87. The summed E-state index contributed by atoms with van der Waals surface area (Å²) in [7, 11) is 0. The van der Waals surface area contributed by atoms with E-state index >= 15 is 0 Å². The van der Waals surface area contributed by atoms with Crippen LogP contribution in [-0.4, -0.2) is 0 Å². The maximum atomic E-state index is 13.0. The van der Waals surface area contributed by atoms with Crippen LogP contribution in [0.5, 0.6) is 0 Å². The molecular weight excluding hydrogens is 196 g/mol. The SMILES string of the molecule is Nc1cc(F)c(F)cc1-c1ccccc1. The fourth-order valence-electron chi connectivity index (χ4n) is 1.43. The van der Waals surface area contributed by atoms with E-state index in [1.807, 2.05) is 18.2 Å². The van der Waals surface area contributed by atoms with Crippen LogP contribution < -0.4 is 5.73 Å². The van der Waals surface area contributed by atoms with Gasteiger partial charge in [0.2, 0.25) is 0 Å². The molecule has 0 heterocycles. The van der Waals surface area contributed by atoms with Gasteiger partial charge in [-0.3, -0.25) is 0 Å². The van der Waals surface area contributed by atoms with Crippen LogP contribution in [0.4, 0.5) is 14.5 Å². The van der Waals surface area contributed by atoms with Crippen LogP contribution in [0.25, 0.3) is 11.1 Å². The first kappa shape index (κ1) is 9.65. The van der Waals surface area contributed by atoms with Crippen molar-refractivity contribution in [2.45, 2.75) is 0 Å². The van der Waals surface area contributed by atoms with Crippen LogP contribution >= 0.6 is 0 Å². The molecule has 2 aromatic carbocycles. The Balaban J connectivity index is 2.59. The van der Waals surface area contributed by atoms with Crippen molar-refractivity contribution in [3.05, 3.63) is 54.1 Å². The fourth-order valence-corrected chi connectivity index (χ4v) is 1.43. The Morgan fingerprint density at radius 1 is 0.867 bits per heavy atom. The smallest absolute Gasteiger partial charge is 0.160 e. The van der Waals surface area contributed by atoms with Crippen molar-refractivity contribution in [3.63, 3.8) is 0 Å². The highest BCUT2D eigenvalue weighted by molar-refractivity contribution is 5.76. The molecule has 0 aliphatic heterocycles. The van der Waals surface area contributed by atoms with E-state index in [1.54, 1.807) is 12.1 Å². The molecular formula is C12H9F2N. The lowest BCUT2D eigenvalue weighted by Crippen LogP contribution is -1.94. The molecule has 76 valence electrons. The Kier molecular flexibility index (Phi) is 2.37. The Hall–Kier alpha value is -1.90. The number of hydrogen-bond acceptors (Lipinski definition) is 1. The third-order valence-corrected chi connectivity index (χ3v) is 2.18. The Labute approximate surface area is 86.2 Å². The summed E-state index contributed by atoms with van der Waals surface area (Å²) < 4.78 is 25.8. The monoisotopic (exact) mass is 205 g/mol. The van der Waals surface area contributed by atoms with Gasteiger partial charge in [0.25, 0.3) is 0 Å². The molecule has 0 atom stereocenters. The molecule has 0 radical (unpaired) electrons. The van der Waals surface area contributed by atoms with Crippen molar-refractivity contribution in [2.75, 3.05) is 5.73 Å². The number of halogens is 2. The van der Waals surface area contributed by atoms with E-state index in [9.17, 15) is 8.78 Å². The normalized spacial score (nSPS) is 10.3. The second-order valence-electron chi connectivity index (χ2n) is 3.22. The Morgan fingerprint density at radius 3 is 2.13 bits per heavy atom. The molecule has 0 fully saturated rings. The predicted molar refractivity (Wildman–Crippen MR) is 56.2 cm³/mol. The number of anilines is 1. The fraction of sp³-hybridized carbons (Fsp3) is 0. The predicted octanol–water partition coefficient (Wildman–Crippen LogP) is 3.21. The quantitative estimate of drug-likeness (QED) is 0.711. The largest absolute Gasteiger partial charge is 0.398 e. The van der Waals surface area contributed by atoms with Gasteiger partial charge in [0.05, 0.1) is 0 Å². The average Bonchev–Trinajstić information content (AvgIpc) is 2.25. The molecule has 2 aromatic rings. The Bertz CT molecular complexity index is 480. The summed E-state index contributed by atoms with van der Waals surface area (Å²) in [6.07, 6.45) is 0. The van der Waals surface area contributed by atoms with E-state index < -0.39 is 11.6 Å². The summed E-state index contributed by atoms with van der Waals surface area (Å²) >= 11 is 0. The molecule has 1 nitrogen and oxygen atoms in total. The first-order valence-corrected chi connectivity index (χ1v) is 4.48. The summed E-state index contributed by atoms with van der Waals surface area (Å²) in [6.45, 7) is 0. The number of benzene rings is 2. The number of nitrogens with two attached hydrogens (primary N) is 1. The van der Waals surface area contributed by atoms with E-state index in [2.05, 4.69) is 0 Å². The van der Waals surface area contributed by atoms with E-state index in [-0.39, 0.29) is 5.69 Å². The van der Waals surface area contributed by atoms with E-state index in [4.69, 9.17) is 5.73 Å². The zero-order valence-electron chi connectivity index (χ0n) is 7.87. The van der Waals surface area contributed by atoms with Gasteiger partial charge in [0.1, 0.15) is 0 Å². The molecule has 0 saturated carbocycles. The minimum atomic E-state index is -0.924. The summed E-state index contributed by atoms with van der Waals surface area (Å²) in [4.78, 5) is 0. The van der Waals surface area contributed by atoms with Crippen LogP contribution in [0.1, 0.15) is 0 Å². The maximum absolute atomic E-state index is 13.0. The van der Waals surface area contributed by atoms with Crippen molar-refractivity contribution >= 4 is 5.69 Å². The van der Waals surface area contributed by atoms with Gasteiger partial charge < -0.3 is 5.73 Å². The van der Waals surface area contributed by atoms with Gasteiger partial charge in [-0.2, -0.15) is 0 Å². The minimum Gasteiger partial charge on any atom is -0.398 e. The van der Waals surface area contributed by atoms with Crippen molar-refractivity contribution in [2.24, 2.45) is 0 Å². The lowest BCUT2D eigenvalue weighted by Gasteiger charge is -2.06. The van der Waals surface area contributed by atoms with Crippen LogP contribution in [0.3, 0.4) is 0 Å². The summed E-state index contributed by atoms with van der Waals surface area (Å²) in [5.41, 5.74) is 7.13. The second-order valence-corrected chi connectivity index (χ2v) is 3.22. The van der Waals surface area contributed by atoms with Crippen LogP contribution in [0.2, 0.25) is 0 Å². The minimum absolute atomic E-state index is 0.236. The molecule has 15 heavy (non-hydrogen) atoms. The molecule has 0 bridgehead atoms. The lowest BCUT2D eigenvalue weighted by molar-refractivity contribution is 0.509. The third-order valence-electron chi connectivity index (χ3n) is 2.18. The van der Waals surface area contributed by atoms with E-state index in [1.165, 1.54) is 0 Å². The van der Waals surface area contributed by atoms with Gasteiger partial charge in [0.15, 0.2) is 11.6 Å². The molecule has 0 unspecified atom stereocenters. The molecule has 2 rings (SSSR count). The van der Waals surface area contributed by atoms with E-state index in [0.717, 1.165) is 17.7 Å². The van der Waals surface area contributed by atoms with Gasteiger partial charge in [-0.1, -0.05) is 30.3 Å². The molecule has 0 spiro atoms. The van der Waals surface area contributed by atoms with Crippen molar-refractivity contribution < 1.29 is 8.78 Å². The van der Waals surface area contributed by atoms with Gasteiger partial charge in [-0.05, 0) is 11.6 Å². The van der Waals surface area contributed by atoms with Gasteiger partial charge in [-0.15, -0.1) is 0 Å². The molecule has 0 aliphatic rings. The number of hydrogen-bond donors (Lipinski definition) is 1.